The highest BCUT2D eigenvalue weighted by molar-refractivity contribution is 5.85. The van der Waals surface area contributed by atoms with E-state index < -0.39 is 0 Å². The zero-order valence-electron chi connectivity index (χ0n) is 16.3. The molecule has 1 heterocycles. The van der Waals surface area contributed by atoms with E-state index in [2.05, 4.69) is 71.1 Å². The van der Waals surface area contributed by atoms with Crippen molar-refractivity contribution >= 4 is 12.4 Å². The van der Waals surface area contributed by atoms with Gasteiger partial charge in [-0.3, -0.25) is 0 Å². The summed E-state index contributed by atoms with van der Waals surface area (Å²) in [7, 11) is 0. The first kappa shape index (κ1) is 21.5. The summed E-state index contributed by atoms with van der Waals surface area (Å²) in [6.07, 6.45) is 4.15. The second-order valence-electron chi connectivity index (χ2n) is 8.15. The molecule has 1 aromatic rings. The third-order valence-corrected chi connectivity index (χ3v) is 5.54. The average Bonchev–Trinajstić information content (AvgIpc) is 2.50. The molecule has 0 aliphatic carbocycles. The fraction of sp³-hybridized carbons (Fsp3) is 0.714. The Kier molecular flexibility index (Phi) is 8.25. The predicted octanol–water partition coefficient (Wildman–Crippen LogP) is 5.13. The Balaban J connectivity index is 0.00000288. The Morgan fingerprint density at radius 2 is 1.83 bits per heavy atom. The minimum Gasteiger partial charge on any atom is -0.373 e. The maximum Gasteiger partial charge on any atom is 0.0704 e. The number of hydrogen-bond acceptors (Lipinski definition) is 2. The lowest BCUT2D eigenvalue weighted by Gasteiger charge is -2.35. The minimum absolute atomic E-state index is 0. The Morgan fingerprint density at radius 1 is 1.21 bits per heavy atom. The number of morpholine rings is 1. The van der Waals surface area contributed by atoms with Gasteiger partial charge in [0.15, 0.2) is 0 Å². The Morgan fingerprint density at radius 3 is 2.38 bits per heavy atom. The monoisotopic (exact) mass is 353 g/mol. The van der Waals surface area contributed by atoms with Crippen molar-refractivity contribution in [2.75, 3.05) is 6.54 Å². The van der Waals surface area contributed by atoms with Gasteiger partial charge in [-0.2, -0.15) is 0 Å². The van der Waals surface area contributed by atoms with Gasteiger partial charge in [-0.25, -0.2) is 0 Å². The fourth-order valence-electron chi connectivity index (χ4n) is 3.48. The Labute approximate surface area is 155 Å². The number of benzene rings is 1. The predicted molar refractivity (Wildman–Crippen MR) is 106 cm³/mol. The van der Waals surface area contributed by atoms with E-state index in [1.807, 2.05) is 0 Å². The normalized spacial score (nSPS) is 25.8. The van der Waals surface area contributed by atoms with Crippen LogP contribution in [0.5, 0.6) is 0 Å². The van der Waals surface area contributed by atoms with Crippen LogP contribution in [-0.2, 0) is 16.6 Å². The number of rotatable bonds is 6. The van der Waals surface area contributed by atoms with Crippen molar-refractivity contribution in [3.05, 3.63) is 35.4 Å². The van der Waals surface area contributed by atoms with Crippen molar-refractivity contribution in [3.63, 3.8) is 0 Å². The molecule has 4 atom stereocenters. The maximum atomic E-state index is 5.95. The molecule has 2 nitrogen and oxygen atoms in total. The molecule has 0 spiro atoms. The molecule has 1 aromatic carbocycles. The van der Waals surface area contributed by atoms with Gasteiger partial charge in [0.2, 0.25) is 0 Å². The summed E-state index contributed by atoms with van der Waals surface area (Å²) in [5.41, 5.74) is 3.17. The van der Waals surface area contributed by atoms with Gasteiger partial charge in [-0.1, -0.05) is 52.0 Å². The molecule has 1 aliphatic heterocycles. The maximum absolute atomic E-state index is 5.95. The second kappa shape index (κ2) is 9.22. The summed E-state index contributed by atoms with van der Waals surface area (Å²) in [5, 5.41) is 3.65. The lowest BCUT2D eigenvalue weighted by Crippen LogP contribution is -2.51. The molecule has 2 rings (SSSR count). The number of hydrogen-bond donors (Lipinski definition) is 1. The minimum atomic E-state index is 0. The molecular weight excluding hydrogens is 318 g/mol. The number of halogens is 1. The summed E-state index contributed by atoms with van der Waals surface area (Å²) in [5.74, 6) is 0.664. The molecule has 0 aromatic heterocycles. The number of nitrogens with one attached hydrogen (secondary N) is 1. The van der Waals surface area contributed by atoms with Crippen LogP contribution in [-0.4, -0.2) is 24.8 Å². The number of ether oxygens (including phenoxy) is 1. The molecule has 4 unspecified atom stereocenters. The van der Waals surface area contributed by atoms with Crippen LogP contribution in [0.3, 0.4) is 0 Å². The SMILES string of the molecule is CCC(C)(C)c1ccc(CC(C)CC2NCC(C)OC2C)cc1.Cl. The first-order valence-corrected chi connectivity index (χ1v) is 9.30. The van der Waals surface area contributed by atoms with Crippen LogP contribution in [0.15, 0.2) is 24.3 Å². The molecular formula is C21H36ClNO. The summed E-state index contributed by atoms with van der Waals surface area (Å²) in [4.78, 5) is 0. The van der Waals surface area contributed by atoms with Crippen LogP contribution in [0.1, 0.15) is 65.5 Å². The van der Waals surface area contributed by atoms with Gasteiger partial charge < -0.3 is 10.1 Å². The molecule has 1 fully saturated rings. The standard InChI is InChI=1S/C21H35NO.ClH/c1-7-21(5,6)19-10-8-18(9-11-19)12-15(2)13-20-17(4)23-16(3)14-22-20;/h8-11,15-17,20,22H,7,12-14H2,1-6H3;1H. The average molecular weight is 354 g/mol. The van der Waals surface area contributed by atoms with Gasteiger partial charge >= 0.3 is 0 Å². The molecule has 3 heteroatoms. The van der Waals surface area contributed by atoms with Gasteiger partial charge in [0.25, 0.3) is 0 Å². The largest absolute Gasteiger partial charge is 0.373 e. The van der Waals surface area contributed by atoms with Gasteiger partial charge in [0.1, 0.15) is 0 Å². The van der Waals surface area contributed by atoms with Crippen molar-refractivity contribution < 1.29 is 4.74 Å². The quantitative estimate of drug-likeness (QED) is 0.765. The van der Waals surface area contributed by atoms with Gasteiger partial charge in [0.05, 0.1) is 12.2 Å². The Bertz CT molecular complexity index is 485. The molecule has 0 saturated carbocycles. The lowest BCUT2D eigenvalue weighted by molar-refractivity contribution is -0.0481. The summed E-state index contributed by atoms with van der Waals surface area (Å²) in [6.45, 7) is 14.6. The van der Waals surface area contributed by atoms with E-state index in [0.717, 1.165) is 13.0 Å². The zero-order valence-corrected chi connectivity index (χ0v) is 17.1. The van der Waals surface area contributed by atoms with Gasteiger partial charge in [0, 0.05) is 12.6 Å². The highest BCUT2D eigenvalue weighted by Gasteiger charge is 2.26. The molecule has 0 bridgehead atoms. The van der Waals surface area contributed by atoms with Crippen molar-refractivity contribution in [2.45, 2.75) is 84.5 Å². The molecule has 0 radical (unpaired) electrons. The van der Waals surface area contributed by atoms with E-state index in [0.29, 0.717) is 24.2 Å². The molecule has 24 heavy (non-hydrogen) atoms. The van der Waals surface area contributed by atoms with Crippen molar-refractivity contribution in [1.82, 2.24) is 5.32 Å². The highest BCUT2D eigenvalue weighted by Crippen LogP contribution is 2.27. The van der Waals surface area contributed by atoms with Gasteiger partial charge in [-0.05, 0) is 55.6 Å². The Hall–Kier alpha value is -0.570. The summed E-state index contributed by atoms with van der Waals surface area (Å²) in [6, 6.07) is 9.76. The zero-order chi connectivity index (χ0) is 17.0. The van der Waals surface area contributed by atoms with Crippen LogP contribution >= 0.6 is 12.4 Å². The molecule has 1 N–H and O–H groups in total. The molecule has 138 valence electrons. The van der Waals surface area contributed by atoms with Crippen molar-refractivity contribution in [3.8, 4) is 0 Å². The van der Waals surface area contributed by atoms with Crippen LogP contribution in [0.2, 0.25) is 0 Å². The molecule has 1 saturated heterocycles. The highest BCUT2D eigenvalue weighted by atomic mass is 35.5. The van der Waals surface area contributed by atoms with Crippen LogP contribution < -0.4 is 5.32 Å². The van der Waals surface area contributed by atoms with E-state index in [1.54, 1.807) is 0 Å². The smallest absolute Gasteiger partial charge is 0.0704 e. The van der Waals surface area contributed by atoms with Crippen molar-refractivity contribution in [1.29, 1.82) is 0 Å². The summed E-state index contributed by atoms with van der Waals surface area (Å²) >= 11 is 0. The van der Waals surface area contributed by atoms with E-state index in [4.69, 9.17) is 4.74 Å². The van der Waals surface area contributed by atoms with Crippen LogP contribution in [0.4, 0.5) is 0 Å². The first-order valence-electron chi connectivity index (χ1n) is 9.30. The lowest BCUT2D eigenvalue weighted by atomic mass is 9.81. The molecule has 0 amide bonds. The first-order chi connectivity index (χ1) is 10.8. The fourth-order valence-corrected chi connectivity index (χ4v) is 3.48. The van der Waals surface area contributed by atoms with Crippen LogP contribution in [0.25, 0.3) is 0 Å². The van der Waals surface area contributed by atoms with E-state index >= 15 is 0 Å². The third kappa shape index (κ3) is 5.75. The van der Waals surface area contributed by atoms with E-state index in [-0.39, 0.29) is 17.8 Å². The molecule has 1 aliphatic rings. The van der Waals surface area contributed by atoms with Crippen molar-refractivity contribution in [2.24, 2.45) is 5.92 Å². The second-order valence-corrected chi connectivity index (χ2v) is 8.15. The van der Waals surface area contributed by atoms with E-state index in [1.165, 1.54) is 24.0 Å². The van der Waals surface area contributed by atoms with Gasteiger partial charge in [-0.15, -0.1) is 12.4 Å². The third-order valence-electron chi connectivity index (χ3n) is 5.54. The van der Waals surface area contributed by atoms with E-state index in [9.17, 15) is 0 Å². The van der Waals surface area contributed by atoms with Crippen LogP contribution in [0, 0.1) is 5.92 Å². The summed E-state index contributed by atoms with van der Waals surface area (Å²) < 4.78 is 5.95. The topological polar surface area (TPSA) is 21.3 Å².